The minimum absolute atomic E-state index is 0.0586. The van der Waals surface area contributed by atoms with Gasteiger partial charge in [0.2, 0.25) is 0 Å². The number of nitrogen functional groups attached to an aromatic ring is 1. The normalized spacial score (nSPS) is 9.44. The van der Waals surface area contributed by atoms with Crippen LogP contribution in [0.25, 0.3) is 0 Å². The highest BCUT2D eigenvalue weighted by Crippen LogP contribution is 2.21. The Kier molecular flexibility index (Phi) is 14.7. The maximum atomic E-state index is 10.8. The van der Waals surface area contributed by atoms with E-state index in [-0.39, 0.29) is 6.42 Å². The first-order chi connectivity index (χ1) is 16.6. The molecule has 3 aromatic carbocycles. The third-order valence-electron chi connectivity index (χ3n) is 4.68. The van der Waals surface area contributed by atoms with Crippen LogP contribution in [0.4, 0.5) is 11.4 Å². The number of nitrogens with two attached hydrogens (primary N) is 1. The van der Waals surface area contributed by atoms with Gasteiger partial charge in [0, 0.05) is 6.54 Å². The van der Waals surface area contributed by atoms with Crippen molar-refractivity contribution >= 4 is 17.3 Å². The molecule has 6 nitrogen and oxygen atoms in total. The standard InChI is InChI=1S/C20H24N4O2.C6H6.C2H6/c21-14-17-6-2-7-18(20(17)22)24-10-3-9-23-11-8-15-4-1-5-16(12-15)13-19(25)26;1-2-4-6-5-3-1;1-2/h1-2,4-7,12,23-24H,3,8-11,13,22H2,(H,25,26);1-6H;1-2H3. The molecule has 0 aliphatic heterocycles. The van der Waals surface area contributed by atoms with Gasteiger partial charge in [-0.15, -0.1) is 0 Å². The van der Waals surface area contributed by atoms with E-state index in [2.05, 4.69) is 16.7 Å². The van der Waals surface area contributed by atoms with Crippen LogP contribution in [0.5, 0.6) is 0 Å². The molecule has 6 heteroatoms. The number of nitrogens with zero attached hydrogens (tertiary/aromatic N) is 1. The predicted octanol–water partition coefficient (Wildman–Crippen LogP) is 5.11. The molecule has 0 amide bonds. The molecule has 0 saturated heterocycles. The van der Waals surface area contributed by atoms with Gasteiger partial charge in [-0.25, -0.2) is 0 Å². The second kappa shape index (κ2) is 17.7. The lowest BCUT2D eigenvalue weighted by Crippen LogP contribution is -2.21. The minimum atomic E-state index is -0.811. The first kappa shape index (κ1) is 28.2. The summed E-state index contributed by atoms with van der Waals surface area (Å²) in [7, 11) is 0. The Balaban J connectivity index is 0.000000615. The van der Waals surface area contributed by atoms with Crippen molar-refractivity contribution in [3.8, 4) is 6.07 Å². The fourth-order valence-electron chi connectivity index (χ4n) is 3.07. The van der Waals surface area contributed by atoms with E-state index < -0.39 is 5.97 Å². The third-order valence-corrected chi connectivity index (χ3v) is 4.68. The van der Waals surface area contributed by atoms with Crippen LogP contribution in [0.1, 0.15) is 37.0 Å². The summed E-state index contributed by atoms with van der Waals surface area (Å²) in [5.74, 6) is -0.811. The van der Waals surface area contributed by atoms with Gasteiger partial charge >= 0.3 is 5.97 Å². The van der Waals surface area contributed by atoms with E-state index in [1.165, 1.54) is 0 Å². The van der Waals surface area contributed by atoms with Gasteiger partial charge in [-0.3, -0.25) is 4.79 Å². The van der Waals surface area contributed by atoms with Gasteiger partial charge in [0.25, 0.3) is 0 Å². The molecule has 34 heavy (non-hydrogen) atoms. The smallest absolute Gasteiger partial charge is 0.307 e. The topological polar surface area (TPSA) is 111 Å². The number of aliphatic carboxylic acids is 1. The van der Waals surface area contributed by atoms with Crippen LogP contribution < -0.4 is 16.4 Å². The number of anilines is 2. The Morgan fingerprint density at radius 3 is 2.15 bits per heavy atom. The van der Waals surface area contributed by atoms with E-state index in [1.807, 2.05) is 86.6 Å². The molecule has 0 aliphatic rings. The van der Waals surface area contributed by atoms with E-state index in [0.29, 0.717) is 11.3 Å². The fraction of sp³-hybridized carbons (Fsp3) is 0.286. The van der Waals surface area contributed by atoms with Crippen LogP contribution >= 0.6 is 0 Å². The maximum absolute atomic E-state index is 10.8. The van der Waals surface area contributed by atoms with Crippen LogP contribution in [0.15, 0.2) is 78.9 Å². The molecule has 0 aliphatic carbocycles. The van der Waals surface area contributed by atoms with Gasteiger partial charge in [0.1, 0.15) is 6.07 Å². The number of benzene rings is 3. The van der Waals surface area contributed by atoms with Crippen molar-refractivity contribution in [2.24, 2.45) is 0 Å². The SMILES string of the molecule is CC.N#Cc1cccc(NCCCNCCc2cccc(CC(=O)O)c2)c1N.c1ccccc1. The lowest BCUT2D eigenvalue weighted by molar-refractivity contribution is -0.136. The highest BCUT2D eigenvalue weighted by molar-refractivity contribution is 5.72. The fourth-order valence-corrected chi connectivity index (χ4v) is 3.07. The van der Waals surface area contributed by atoms with E-state index in [1.54, 1.807) is 6.07 Å². The van der Waals surface area contributed by atoms with E-state index in [0.717, 1.165) is 49.3 Å². The largest absolute Gasteiger partial charge is 0.481 e. The number of para-hydroxylation sites is 1. The zero-order valence-corrected chi connectivity index (χ0v) is 20.1. The highest BCUT2D eigenvalue weighted by atomic mass is 16.4. The molecule has 0 radical (unpaired) electrons. The van der Waals surface area contributed by atoms with Crippen molar-refractivity contribution in [2.45, 2.75) is 33.1 Å². The number of carbonyl (C=O) groups is 1. The zero-order valence-electron chi connectivity index (χ0n) is 20.1. The first-order valence-electron chi connectivity index (χ1n) is 11.6. The Morgan fingerprint density at radius 2 is 1.53 bits per heavy atom. The Morgan fingerprint density at radius 1 is 0.912 bits per heavy atom. The van der Waals surface area contributed by atoms with E-state index in [9.17, 15) is 4.79 Å². The second-order valence-corrected chi connectivity index (χ2v) is 7.20. The Hall–Kier alpha value is -3.82. The average Bonchev–Trinajstić information content (AvgIpc) is 2.87. The second-order valence-electron chi connectivity index (χ2n) is 7.20. The molecule has 3 aromatic rings. The van der Waals surface area contributed by atoms with Crippen molar-refractivity contribution in [1.29, 1.82) is 5.26 Å². The van der Waals surface area contributed by atoms with Crippen LogP contribution in [-0.2, 0) is 17.6 Å². The molecule has 0 bridgehead atoms. The molecular weight excluding hydrogens is 424 g/mol. The summed E-state index contributed by atoms with van der Waals surface area (Å²) >= 11 is 0. The number of carboxylic acids is 1. The molecular formula is C28H36N4O2. The number of hydrogen-bond donors (Lipinski definition) is 4. The molecule has 0 atom stereocenters. The average molecular weight is 461 g/mol. The Bertz CT molecular complexity index is 974. The van der Waals surface area contributed by atoms with Crippen molar-refractivity contribution in [2.75, 3.05) is 30.7 Å². The predicted molar refractivity (Wildman–Crippen MR) is 141 cm³/mol. The summed E-state index contributed by atoms with van der Waals surface area (Å²) in [4.78, 5) is 10.8. The number of carboxylic acid groups (broad SMARTS) is 1. The summed E-state index contributed by atoms with van der Waals surface area (Å²) in [5, 5.41) is 24.4. The Labute approximate surface area is 203 Å². The number of hydrogen-bond acceptors (Lipinski definition) is 5. The van der Waals surface area contributed by atoms with Crippen LogP contribution in [-0.4, -0.2) is 30.7 Å². The van der Waals surface area contributed by atoms with Crippen LogP contribution in [0.3, 0.4) is 0 Å². The zero-order chi connectivity index (χ0) is 25.0. The third kappa shape index (κ3) is 11.7. The quantitative estimate of drug-likeness (QED) is 0.247. The van der Waals surface area contributed by atoms with Gasteiger partial charge in [-0.05, 0) is 49.2 Å². The van der Waals surface area contributed by atoms with Crippen molar-refractivity contribution in [3.05, 3.63) is 95.6 Å². The molecule has 0 spiro atoms. The molecule has 0 aromatic heterocycles. The minimum Gasteiger partial charge on any atom is -0.481 e. The summed E-state index contributed by atoms with van der Waals surface area (Å²) < 4.78 is 0. The molecule has 180 valence electrons. The molecule has 3 rings (SSSR count). The van der Waals surface area contributed by atoms with Gasteiger partial charge in [0.05, 0.1) is 23.4 Å². The van der Waals surface area contributed by atoms with Crippen molar-refractivity contribution in [3.63, 3.8) is 0 Å². The summed E-state index contributed by atoms with van der Waals surface area (Å²) in [6, 6.07) is 27.2. The van der Waals surface area contributed by atoms with Gasteiger partial charge in [0.15, 0.2) is 0 Å². The number of nitriles is 1. The van der Waals surface area contributed by atoms with Gasteiger partial charge < -0.3 is 21.5 Å². The van der Waals surface area contributed by atoms with E-state index in [4.69, 9.17) is 16.1 Å². The van der Waals surface area contributed by atoms with Crippen molar-refractivity contribution < 1.29 is 9.90 Å². The lowest BCUT2D eigenvalue weighted by atomic mass is 10.1. The molecule has 0 saturated carbocycles. The summed E-state index contributed by atoms with van der Waals surface area (Å²) in [6.07, 6.45) is 1.84. The summed E-state index contributed by atoms with van der Waals surface area (Å²) in [6.45, 7) is 6.46. The summed E-state index contributed by atoms with van der Waals surface area (Å²) in [5.41, 5.74) is 9.66. The lowest BCUT2D eigenvalue weighted by Gasteiger charge is -2.10. The molecule has 0 heterocycles. The van der Waals surface area contributed by atoms with Crippen molar-refractivity contribution in [1.82, 2.24) is 5.32 Å². The molecule has 0 unspecified atom stereocenters. The maximum Gasteiger partial charge on any atom is 0.307 e. The number of rotatable bonds is 10. The molecule has 5 N–H and O–H groups in total. The van der Waals surface area contributed by atoms with Gasteiger partial charge in [-0.1, -0.05) is 80.6 Å². The van der Waals surface area contributed by atoms with Crippen LogP contribution in [0, 0.1) is 11.3 Å². The monoisotopic (exact) mass is 460 g/mol. The van der Waals surface area contributed by atoms with Crippen LogP contribution in [0.2, 0.25) is 0 Å². The van der Waals surface area contributed by atoms with Gasteiger partial charge in [-0.2, -0.15) is 5.26 Å². The van der Waals surface area contributed by atoms with E-state index >= 15 is 0 Å². The highest BCUT2D eigenvalue weighted by Gasteiger charge is 2.03. The number of nitrogens with one attached hydrogen (secondary N) is 2. The first-order valence-corrected chi connectivity index (χ1v) is 11.6. The molecule has 0 fully saturated rings.